The molecule has 2 atom stereocenters. The molecule has 1 N–H and O–H groups in total. The van der Waals surface area contributed by atoms with Crippen LogP contribution >= 0.6 is 11.8 Å². The van der Waals surface area contributed by atoms with Crippen molar-refractivity contribution in [3.63, 3.8) is 0 Å². The molecule has 0 unspecified atom stereocenters. The maximum atomic E-state index is 12.4. The van der Waals surface area contributed by atoms with Gasteiger partial charge in [0, 0.05) is 18.3 Å². The molecule has 0 saturated carbocycles. The van der Waals surface area contributed by atoms with Gasteiger partial charge in [0.2, 0.25) is 0 Å². The van der Waals surface area contributed by atoms with Crippen LogP contribution in [0, 0.1) is 11.3 Å². The Morgan fingerprint density at radius 2 is 2.12 bits per heavy atom. The van der Waals surface area contributed by atoms with Gasteiger partial charge >= 0.3 is 0 Å². The molecule has 1 amide bonds. The summed E-state index contributed by atoms with van der Waals surface area (Å²) in [5.74, 6) is 0.869. The van der Waals surface area contributed by atoms with Gasteiger partial charge in [0.25, 0.3) is 5.91 Å². The summed E-state index contributed by atoms with van der Waals surface area (Å²) in [5, 5.41) is 12.6. The lowest BCUT2D eigenvalue weighted by atomic mass is 10.1. The molecule has 0 spiro atoms. The molecule has 2 heterocycles. The van der Waals surface area contributed by atoms with Crippen molar-refractivity contribution in [3.8, 4) is 17.6 Å². The molecule has 0 radical (unpaired) electrons. The van der Waals surface area contributed by atoms with Crippen LogP contribution in [0.5, 0.6) is 11.5 Å². The predicted molar refractivity (Wildman–Crippen MR) is 128 cm³/mol. The second-order valence-corrected chi connectivity index (χ2v) is 10.9. The number of aliphatic imine (C=N–C) groups is 1. The second-order valence-electron chi connectivity index (χ2n) is 7.50. The van der Waals surface area contributed by atoms with Crippen molar-refractivity contribution in [2.45, 2.75) is 17.7 Å². The SMILES string of the molecule is C=CCN1C(=N/C=C(/C#N)C(=O)NCCc2ccc(OC)c(OC)c2)S[C@@H]2CS(=O)(=O)C[C@H]21. The van der Waals surface area contributed by atoms with Gasteiger partial charge in [0.05, 0.1) is 38.0 Å². The van der Waals surface area contributed by atoms with Crippen LogP contribution in [0.2, 0.25) is 0 Å². The quantitative estimate of drug-likeness (QED) is 0.314. The van der Waals surface area contributed by atoms with E-state index in [1.165, 1.54) is 18.0 Å². The van der Waals surface area contributed by atoms with E-state index in [2.05, 4.69) is 16.9 Å². The number of fused-ring (bicyclic) bond motifs is 1. The van der Waals surface area contributed by atoms with Crippen molar-refractivity contribution in [1.82, 2.24) is 10.2 Å². The van der Waals surface area contributed by atoms with Crippen LogP contribution in [0.15, 0.2) is 47.6 Å². The molecule has 2 fully saturated rings. The number of carbonyl (C=O) groups excluding carboxylic acids is 1. The molecule has 0 bridgehead atoms. The van der Waals surface area contributed by atoms with E-state index < -0.39 is 15.7 Å². The number of carbonyl (C=O) groups is 1. The smallest absolute Gasteiger partial charge is 0.263 e. The zero-order chi connectivity index (χ0) is 24.0. The Morgan fingerprint density at radius 3 is 2.79 bits per heavy atom. The minimum absolute atomic E-state index is 0.0724. The first-order valence-corrected chi connectivity index (χ1v) is 12.9. The van der Waals surface area contributed by atoms with Gasteiger partial charge in [-0.05, 0) is 24.1 Å². The standard InChI is InChI=1S/C22H26N4O5S2/c1-4-9-26-17-13-33(28,29)14-20(17)32-22(26)25-12-16(11-23)21(27)24-8-7-15-5-6-18(30-2)19(10-15)31-3/h4-6,10,12,17,20H,1,7-9,13-14H2,2-3H3,(H,24,27)/b16-12-,25-22?/t17-,20-/m1/s1. The maximum absolute atomic E-state index is 12.4. The van der Waals surface area contributed by atoms with E-state index in [-0.39, 0.29) is 28.4 Å². The van der Waals surface area contributed by atoms with Crippen LogP contribution in [0.4, 0.5) is 0 Å². The number of benzene rings is 1. The van der Waals surface area contributed by atoms with Gasteiger partial charge in [-0.25, -0.2) is 13.4 Å². The Labute approximate surface area is 198 Å². The molecule has 33 heavy (non-hydrogen) atoms. The van der Waals surface area contributed by atoms with Gasteiger partial charge in [0.1, 0.15) is 11.6 Å². The van der Waals surface area contributed by atoms with Gasteiger partial charge in [-0.1, -0.05) is 23.9 Å². The summed E-state index contributed by atoms with van der Waals surface area (Å²) < 4.78 is 34.4. The Bertz CT molecular complexity index is 1120. The van der Waals surface area contributed by atoms with E-state index in [0.29, 0.717) is 36.2 Å². The number of hydrogen-bond donors (Lipinski definition) is 1. The number of amides is 1. The van der Waals surface area contributed by atoms with Crippen molar-refractivity contribution in [3.05, 3.63) is 48.2 Å². The first-order valence-electron chi connectivity index (χ1n) is 10.2. The monoisotopic (exact) mass is 490 g/mol. The fourth-order valence-corrected chi connectivity index (χ4v) is 7.65. The number of hydrogen-bond acceptors (Lipinski definition) is 8. The fourth-order valence-electron chi connectivity index (χ4n) is 3.71. The Hall–Kier alpha value is -2.97. The van der Waals surface area contributed by atoms with Gasteiger partial charge in [0.15, 0.2) is 26.5 Å². The predicted octanol–water partition coefficient (Wildman–Crippen LogP) is 1.53. The van der Waals surface area contributed by atoms with Crippen LogP contribution < -0.4 is 14.8 Å². The zero-order valence-corrected chi connectivity index (χ0v) is 20.1. The molecule has 1 aromatic carbocycles. The normalized spacial score (nSPS) is 22.5. The molecule has 176 valence electrons. The number of thioether (sulfide) groups is 1. The third-order valence-electron chi connectivity index (χ3n) is 5.32. The van der Waals surface area contributed by atoms with Crippen molar-refractivity contribution in [1.29, 1.82) is 5.26 Å². The van der Waals surface area contributed by atoms with E-state index in [1.54, 1.807) is 26.4 Å². The lowest BCUT2D eigenvalue weighted by Gasteiger charge is -2.22. The second kappa shape index (κ2) is 10.8. The molecule has 2 saturated heterocycles. The largest absolute Gasteiger partial charge is 0.493 e. The third-order valence-corrected chi connectivity index (χ3v) is 8.58. The Balaban J connectivity index is 1.63. The highest BCUT2D eigenvalue weighted by molar-refractivity contribution is 8.15. The molecule has 1 aromatic rings. The molecule has 2 aliphatic rings. The van der Waals surface area contributed by atoms with Crippen LogP contribution in [0.25, 0.3) is 0 Å². The van der Waals surface area contributed by atoms with Crippen LogP contribution in [-0.2, 0) is 21.1 Å². The lowest BCUT2D eigenvalue weighted by molar-refractivity contribution is -0.117. The lowest BCUT2D eigenvalue weighted by Crippen LogP contribution is -2.37. The number of nitrogens with one attached hydrogen (secondary N) is 1. The minimum Gasteiger partial charge on any atom is -0.493 e. The van der Waals surface area contributed by atoms with E-state index in [1.807, 2.05) is 23.1 Å². The summed E-state index contributed by atoms with van der Waals surface area (Å²) >= 11 is 1.36. The number of amidine groups is 1. The summed E-state index contributed by atoms with van der Waals surface area (Å²) in [7, 11) is 0.0469. The number of ether oxygens (including phenoxy) is 2. The molecule has 3 rings (SSSR count). The fraction of sp³-hybridized carbons (Fsp3) is 0.409. The first kappa shape index (κ1) is 24.7. The topological polar surface area (TPSA) is 121 Å². The van der Waals surface area contributed by atoms with Crippen molar-refractivity contribution in [2.75, 3.05) is 38.8 Å². The number of sulfone groups is 1. The van der Waals surface area contributed by atoms with Crippen molar-refractivity contribution < 1.29 is 22.7 Å². The van der Waals surface area contributed by atoms with Gasteiger partial charge < -0.3 is 19.7 Å². The maximum Gasteiger partial charge on any atom is 0.263 e. The van der Waals surface area contributed by atoms with Gasteiger partial charge in [-0.15, -0.1) is 6.58 Å². The van der Waals surface area contributed by atoms with E-state index in [9.17, 15) is 18.5 Å². The van der Waals surface area contributed by atoms with Gasteiger partial charge in [-0.3, -0.25) is 4.79 Å². The molecule has 11 heteroatoms. The molecular weight excluding hydrogens is 464 g/mol. The minimum atomic E-state index is -3.07. The van der Waals surface area contributed by atoms with Crippen LogP contribution in [-0.4, -0.2) is 74.5 Å². The molecule has 2 aliphatic heterocycles. The van der Waals surface area contributed by atoms with Crippen molar-refractivity contribution in [2.24, 2.45) is 4.99 Å². The van der Waals surface area contributed by atoms with E-state index in [4.69, 9.17) is 9.47 Å². The average molecular weight is 491 g/mol. The molecule has 9 nitrogen and oxygen atoms in total. The number of nitrogens with zero attached hydrogens (tertiary/aromatic N) is 3. The van der Waals surface area contributed by atoms with Crippen molar-refractivity contribution >= 4 is 32.7 Å². The third kappa shape index (κ3) is 5.89. The Kier molecular flexibility index (Phi) is 8.05. The average Bonchev–Trinajstić information content (AvgIpc) is 3.26. The molecule has 0 aromatic heterocycles. The van der Waals surface area contributed by atoms with E-state index in [0.717, 1.165) is 5.56 Å². The van der Waals surface area contributed by atoms with Crippen LogP contribution in [0.1, 0.15) is 5.56 Å². The van der Waals surface area contributed by atoms with E-state index >= 15 is 0 Å². The summed E-state index contributed by atoms with van der Waals surface area (Å²) in [5.41, 5.74) is 0.818. The summed E-state index contributed by atoms with van der Waals surface area (Å²) in [6.45, 7) is 4.49. The highest BCUT2D eigenvalue weighted by Gasteiger charge is 2.48. The first-order chi connectivity index (χ1) is 15.8. The highest BCUT2D eigenvalue weighted by atomic mass is 32.2. The molecular formula is C22H26N4O5S2. The summed E-state index contributed by atoms with van der Waals surface area (Å²) in [4.78, 5) is 18.7. The molecule has 0 aliphatic carbocycles. The summed E-state index contributed by atoms with van der Waals surface area (Å²) in [6, 6.07) is 7.21. The van der Waals surface area contributed by atoms with Gasteiger partial charge in [-0.2, -0.15) is 5.26 Å². The Morgan fingerprint density at radius 1 is 1.36 bits per heavy atom. The number of rotatable bonds is 9. The highest BCUT2D eigenvalue weighted by Crippen LogP contribution is 2.38. The summed E-state index contributed by atoms with van der Waals surface area (Å²) in [6.07, 6.45) is 3.46. The number of methoxy groups -OCH3 is 2. The van der Waals surface area contributed by atoms with Crippen LogP contribution in [0.3, 0.4) is 0 Å². The number of nitriles is 1. The zero-order valence-electron chi connectivity index (χ0n) is 18.5.